The number of benzene rings is 2. The standard InChI is InChI=1S/C30H34F2N8O4S/c1-30(2)26-24(17-40(30)45(43,44)22-13-19(31)12-20(32)14-22)27(37-36-26)35-29(42)23-7-6-21(39(5)11-10-38(3)4)15-25(23)34-28(41)18-8-9-33-16-18/h6-9,12-16,33H,10-11,17H2,1-5H3,(H,34,41)(H2,35,36,37,42). The van der Waals surface area contributed by atoms with Crippen molar-refractivity contribution >= 4 is 39.0 Å². The molecule has 4 N–H and O–H groups in total. The molecule has 12 nitrogen and oxygen atoms in total. The Morgan fingerprint density at radius 3 is 2.36 bits per heavy atom. The quantitative estimate of drug-likeness (QED) is 0.205. The van der Waals surface area contributed by atoms with Crippen LogP contribution in [0.5, 0.6) is 0 Å². The summed E-state index contributed by atoms with van der Waals surface area (Å²) in [4.78, 5) is 33.0. The zero-order chi connectivity index (χ0) is 32.7. The van der Waals surface area contributed by atoms with Gasteiger partial charge in [-0.25, -0.2) is 17.2 Å². The molecule has 2 aromatic carbocycles. The summed E-state index contributed by atoms with van der Waals surface area (Å²) < 4.78 is 56.0. The SMILES string of the molecule is CN(C)CCN(C)c1ccc(C(=O)Nc2n[nH]c3c2CN(S(=O)(=O)c2cc(F)cc(F)c2)C3(C)C)c(NC(=O)c2cc[nH]c2)c1. The molecule has 45 heavy (non-hydrogen) atoms. The number of carbonyl (C=O) groups excluding carboxylic acids is 2. The van der Waals surface area contributed by atoms with E-state index in [1.54, 1.807) is 44.3 Å². The number of sulfonamides is 1. The van der Waals surface area contributed by atoms with Crippen LogP contribution in [0.15, 0.2) is 59.8 Å². The molecule has 2 aromatic heterocycles. The van der Waals surface area contributed by atoms with Crippen molar-refractivity contribution < 1.29 is 26.8 Å². The Labute approximate surface area is 259 Å². The largest absolute Gasteiger partial charge is 0.373 e. The van der Waals surface area contributed by atoms with Gasteiger partial charge in [0.05, 0.1) is 32.9 Å². The number of nitrogens with one attached hydrogen (secondary N) is 4. The van der Waals surface area contributed by atoms with Gasteiger partial charge in [0.2, 0.25) is 10.0 Å². The Balaban J connectivity index is 1.44. The van der Waals surface area contributed by atoms with Crippen molar-refractivity contribution in [3.8, 4) is 0 Å². The zero-order valence-corrected chi connectivity index (χ0v) is 26.2. The van der Waals surface area contributed by atoms with E-state index in [2.05, 4.69) is 25.8 Å². The van der Waals surface area contributed by atoms with Crippen LogP contribution < -0.4 is 15.5 Å². The van der Waals surface area contributed by atoms with E-state index in [0.29, 0.717) is 29.4 Å². The van der Waals surface area contributed by atoms with Gasteiger partial charge in [-0.3, -0.25) is 14.7 Å². The molecule has 2 amide bonds. The van der Waals surface area contributed by atoms with E-state index < -0.39 is 43.9 Å². The third-order valence-electron chi connectivity index (χ3n) is 7.74. The number of aromatic nitrogens is 3. The fourth-order valence-electron chi connectivity index (χ4n) is 5.17. The van der Waals surface area contributed by atoms with Gasteiger partial charge in [0.25, 0.3) is 11.8 Å². The first kappa shape index (κ1) is 31.8. The van der Waals surface area contributed by atoms with E-state index >= 15 is 0 Å². The highest BCUT2D eigenvalue weighted by Gasteiger charge is 2.48. The second kappa shape index (κ2) is 12.1. The van der Waals surface area contributed by atoms with Crippen LogP contribution in [0.3, 0.4) is 0 Å². The Hall–Kier alpha value is -4.60. The van der Waals surface area contributed by atoms with Crippen molar-refractivity contribution in [2.75, 3.05) is 49.8 Å². The molecule has 3 heterocycles. The van der Waals surface area contributed by atoms with Gasteiger partial charge in [-0.05, 0) is 64.3 Å². The lowest BCUT2D eigenvalue weighted by molar-refractivity contribution is 0.102. The minimum absolute atomic E-state index is 0.0845. The Kier molecular flexibility index (Phi) is 8.53. The van der Waals surface area contributed by atoms with Gasteiger partial charge < -0.3 is 25.4 Å². The molecule has 0 fully saturated rings. The first-order valence-electron chi connectivity index (χ1n) is 14.0. The first-order valence-corrected chi connectivity index (χ1v) is 15.4. The van der Waals surface area contributed by atoms with E-state index in [4.69, 9.17) is 0 Å². The highest BCUT2D eigenvalue weighted by Crippen LogP contribution is 2.44. The van der Waals surface area contributed by atoms with Crippen LogP contribution in [0.2, 0.25) is 0 Å². The summed E-state index contributed by atoms with van der Waals surface area (Å²) in [5.41, 5.74) is 1.18. The number of hydrogen-bond donors (Lipinski definition) is 4. The van der Waals surface area contributed by atoms with Crippen LogP contribution in [0.4, 0.5) is 26.0 Å². The summed E-state index contributed by atoms with van der Waals surface area (Å²) in [7, 11) is 1.48. The van der Waals surface area contributed by atoms with E-state index in [9.17, 15) is 26.8 Å². The fraction of sp³-hybridized carbons (Fsp3) is 0.300. The molecule has 0 atom stereocenters. The summed E-state index contributed by atoms with van der Waals surface area (Å²) in [6.07, 6.45) is 3.15. The number of carbonyl (C=O) groups is 2. The van der Waals surface area contributed by atoms with Gasteiger partial charge in [-0.2, -0.15) is 9.40 Å². The Bertz CT molecular complexity index is 1830. The van der Waals surface area contributed by atoms with Gasteiger partial charge in [0.1, 0.15) is 11.6 Å². The highest BCUT2D eigenvalue weighted by molar-refractivity contribution is 7.89. The fourth-order valence-corrected chi connectivity index (χ4v) is 6.94. The smallest absolute Gasteiger partial charge is 0.258 e. The third-order valence-corrected chi connectivity index (χ3v) is 9.74. The molecule has 5 rings (SSSR count). The van der Waals surface area contributed by atoms with Crippen molar-refractivity contribution in [2.24, 2.45) is 0 Å². The van der Waals surface area contributed by atoms with Gasteiger partial charge in [0.15, 0.2) is 5.82 Å². The number of aromatic amines is 2. The van der Waals surface area contributed by atoms with Crippen molar-refractivity contribution in [3.63, 3.8) is 0 Å². The summed E-state index contributed by atoms with van der Waals surface area (Å²) in [5, 5.41) is 12.6. The maximum Gasteiger partial charge on any atom is 0.258 e. The zero-order valence-electron chi connectivity index (χ0n) is 25.4. The molecular formula is C30H34F2N8O4S. The van der Waals surface area contributed by atoms with E-state index in [-0.39, 0.29) is 23.6 Å². The molecule has 0 aliphatic carbocycles. The number of halogens is 2. The number of fused-ring (bicyclic) bond motifs is 1. The van der Waals surface area contributed by atoms with Crippen LogP contribution in [0.1, 0.15) is 45.8 Å². The third kappa shape index (κ3) is 6.32. The van der Waals surface area contributed by atoms with Crippen molar-refractivity contribution in [3.05, 3.63) is 88.9 Å². The topological polar surface area (TPSA) is 147 Å². The van der Waals surface area contributed by atoms with Crippen LogP contribution in [0, 0.1) is 11.6 Å². The molecule has 1 aliphatic rings. The molecule has 1 aliphatic heterocycles. The van der Waals surface area contributed by atoms with Crippen molar-refractivity contribution in [1.82, 2.24) is 24.4 Å². The van der Waals surface area contributed by atoms with Crippen LogP contribution in [-0.2, 0) is 22.1 Å². The molecular weight excluding hydrogens is 606 g/mol. The van der Waals surface area contributed by atoms with Crippen LogP contribution in [-0.4, -0.2) is 78.9 Å². The van der Waals surface area contributed by atoms with E-state index in [0.717, 1.165) is 28.7 Å². The number of hydrogen-bond acceptors (Lipinski definition) is 7. The monoisotopic (exact) mass is 640 g/mol. The molecule has 238 valence electrons. The lowest BCUT2D eigenvalue weighted by Gasteiger charge is -2.30. The molecule has 0 saturated carbocycles. The molecule has 4 aromatic rings. The second-order valence-electron chi connectivity index (χ2n) is 11.6. The van der Waals surface area contributed by atoms with Gasteiger partial charge in [-0.1, -0.05) is 0 Å². The number of H-pyrrole nitrogens is 2. The molecule has 0 radical (unpaired) electrons. The normalized spacial score (nSPS) is 14.4. The Morgan fingerprint density at radius 2 is 1.71 bits per heavy atom. The van der Waals surface area contributed by atoms with Crippen LogP contribution in [0.25, 0.3) is 0 Å². The first-order chi connectivity index (χ1) is 21.2. The number of anilines is 3. The lowest BCUT2D eigenvalue weighted by atomic mass is 10.0. The van der Waals surface area contributed by atoms with Crippen molar-refractivity contribution in [1.29, 1.82) is 0 Å². The van der Waals surface area contributed by atoms with Crippen LogP contribution >= 0.6 is 0 Å². The average molecular weight is 641 g/mol. The summed E-state index contributed by atoms with van der Waals surface area (Å²) in [6, 6.07) is 8.78. The number of nitrogens with zero attached hydrogens (tertiary/aromatic N) is 4. The maximum absolute atomic E-state index is 13.9. The summed E-state index contributed by atoms with van der Waals surface area (Å²) >= 11 is 0. The van der Waals surface area contributed by atoms with Gasteiger partial charge in [-0.15, -0.1) is 0 Å². The number of rotatable bonds is 10. The minimum Gasteiger partial charge on any atom is -0.373 e. The highest BCUT2D eigenvalue weighted by atomic mass is 32.2. The molecule has 0 unspecified atom stereocenters. The van der Waals surface area contributed by atoms with E-state index in [1.807, 2.05) is 30.9 Å². The van der Waals surface area contributed by atoms with Gasteiger partial charge in [0, 0.05) is 56.4 Å². The predicted octanol–water partition coefficient (Wildman–Crippen LogP) is 3.96. The molecule has 0 spiro atoms. The summed E-state index contributed by atoms with van der Waals surface area (Å²) in [6.45, 7) is 4.50. The molecule has 0 saturated heterocycles. The average Bonchev–Trinajstić information content (AvgIpc) is 3.70. The number of likely N-dealkylation sites (N-methyl/N-ethyl adjacent to an activating group) is 2. The Morgan fingerprint density at radius 1 is 1.00 bits per heavy atom. The van der Waals surface area contributed by atoms with Crippen molar-refractivity contribution in [2.45, 2.75) is 30.8 Å². The lowest BCUT2D eigenvalue weighted by Crippen LogP contribution is -2.40. The second-order valence-corrected chi connectivity index (χ2v) is 13.4. The molecule has 15 heteroatoms. The van der Waals surface area contributed by atoms with E-state index in [1.165, 1.54) is 6.20 Å². The molecule has 0 bridgehead atoms. The maximum atomic E-state index is 13.9. The summed E-state index contributed by atoms with van der Waals surface area (Å²) in [5.74, 6) is -2.97. The minimum atomic E-state index is -4.36. The van der Waals surface area contributed by atoms with Gasteiger partial charge >= 0.3 is 0 Å². The predicted molar refractivity (Wildman–Crippen MR) is 166 cm³/mol. The number of amides is 2.